The molecule has 2 rings (SSSR count). The van der Waals surface area contributed by atoms with E-state index >= 15 is 0 Å². The van der Waals surface area contributed by atoms with Crippen LogP contribution in [-0.2, 0) is 14.3 Å². The summed E-state index contributed by atoms with van der Waals surface area (Å²) in [6.07, 6.45) is -0.870. The number of rotatable bonds is 4. The third-order valence-electron chi connectivity index (χ3n) is 3.39. The van der Waals surface area contributed by atoms with Crippen LogP contribution in [0, 0.1) is 5.82 Å². The van der Waals surface area contributed by atoms with Crippen molar-refractivity contribution in [2.24, 2.45) is 5.73 Å². The Hall–Kier alpha value is -1.21. The molecule has 1 amide bonds. The van der Waals surface area contributed by atoms with Gasteiger partial charge in [-0.1, -0.05) is 12.1 Å². The number of amides is 1. The average molecular weight is 319 g/mol. The fourth-order valence-electron chi connectivity index (χ4n) is 2.23. The molecule has 0 saturated carbocycles. The summed E-state index contributed by atoms with van der Waals surface area (Å²) < 4.78 is 23.6. The first-order chi connectivity index (χ1) is 9.65. The summed E-state index contributed by atoms with van der Waals surface area (Å²) in [7, 11) is 1.47. The first kappa shape index (κ1) is 17.8. The molecule has 1 saturated heterocycles. The van der Waals surface area contributed by atoms with Gasteiger partial charge in [-0.2, -0.15) is 0 Å². The second-order valence-corrected chi connectivity index (χ2v) is 4.66. The average Bonchev–Trinajstić information content (AvgIpc) is 2.49. The van der Waals surface area contributed by atoms with Gasteiger partial charge in [-0.25, -0.2) is 4.39 Å². The zero-order chi connectivity index (χ0) is 14.5. The molecule has 5 nitrogen and oxygen atoms in total. The highest BCUT2D eigenvalue weighted by Crippen LogP contribution is 2.23. The Bertz CT molecular complexity index is 454. The molecule has 0 bridgehead atoms. The number of benzene rings is 1. The van der Waals surface area contributed by atoms with Crippen molar-refractivity contribution in [2.45, 2.75) is 12.2 Å². The molecule has 1 aliphatic heterocycles. The maximum atomic E-state index is 12.9. The monoisotopic (exact) mass is 318 g/mol. The number of nitrogens with zero attached hydrogens (tertiary/aromatic N) is 1. The molecule has 0 radical (unpaired) electrons. The smallest absolute Gasteiger partial charge is 0.253 e. The lowest BCUT2D eigenvalue weighted by Crippen LogP contribution is -2.49. The van der Waals surface area contributed by atoms with E-state index in [1.54, 1.807) is 17.0 Å². The lowest BCUT2D eigenvalue weighted by Gasteiger charge is -2.34. The van der Waals surface area contributed by atoms with Crippen LogP contribution < -0.4 is 5.73 Å². The van der Waals surface area contributed by atoms with Crippen LogP contribution >= 0.6 is 12.4 Å². The van der Waals surface area contributed by atoms with Gasteiger partial charge >= 0.3 is 0 Å². The number of carbonyl (C=O) groups is 1. The maximum absolute atomic E-state index is 12.9. The van der Waals surface area contributed by atoms with Gasteiger partial charge in [0.2, 0.25) is 0 Å². The van der Waals surface area contributed by atoms with Gasteiger partial charge in [0.15, 0.2) is 0 Å². The van der Waals surface area contributed by atoms with Crippen molar-refractivity contribution in [1.29, 1.82) is 0 Å². The largest absolute Gasteiger partial charge is 0.370 e. The Morgan fingerprint density at radius 3 is 2.76 bits per heavy atom. The summed E-state index contributed by atoms with van der Waals surface area (Å²) in [4.78, 5) is 13.9. The first-order valence-electron chi connectivity index (χ1n) is 6.54. The van der Waals surface area contributed by atoms with Crippen LogP contribution in [0.3, 0.4) is 0 Å². The second-order valence-electron chi connectivity index (χ2n) is 4.66. The van der Waals surface area contributed by atoms with Crippen LogP contribution in [0.2, 0.25) is 0 Å². The van der Waals surface area contributed by atoms with Crippen molar-refractivity contribution in [3.8, 4) is 0 Å². The quantitative estimate of drug-likeness (QED) is 0.903. The van der Waals surface area contributed by atoms with E-state index in [4.69, 9.17) is 15.2 Å². The highest BCUT2D eigenvalue weighted by molar-refractivity contribution is 5.85. The van der Waals surface area contributed by atoms with Gasteiger partial charge in [-0.3, -0.25) is 4.79 Å². The van der Waals surface area contributed by atoms with E-state index in [0.717, 1.165) is 5.56 Å². The van der Waals surface area contributed by atoms with Crippen LogP contribution in [0.1, 0.15) is 11.7 Å². The van der Waals surface area contributed by atoms with Crippen LogP contribution in [0.15, 0.2) is 24.3 Å². The standard InChI is InChI=1S/C14H19FN2O3.ClH/c1-19-12(8-16)14(18)17-6-7-20-13(9-17)10-2-4-11(15)5-3-10;/h2-5,12-13H,6-9,16H2,1H3;1H. The Balaban J connectivity index is 0.00000220. The molecule has 2 N–H and O–H groups in total. The molecule has 1 aromatic rings. The number of ether oxygens (including phenoxy) is 2. The summed E-state index contributed by atoms with van der Waals surface area (Å²) in [5, 5.41) is 0. The van der Waals surface area contributed by atoms with E-state index in [9.17, 15) is 9.18 Å². The highest BCUT2D eigenvalue weighted by Gasteiger charge is 2.29. The molecule has 0 spiro atoms. The minimum atomic E-state index is -0.623. The maximum Gasteiger partial charge on any atom is 0.253 e. The first-order valence-corrected chi connectivity index (χ1v) is 6.54. The van der Waals surface area contributed by atoms with Crippen molar-refractivity contribution in [3.05, 3.63) is 35.6 Å². The summed E-state index contributed by atoms with van der Waals surface area (Å²) in [6, 6.07) is 6.12. The number of methoxy groups -OCH3 is 1. The Kier molecular flexibility index (Phi) is 7.04. The Morgan fingerprint density at radius 1 is 1.52 bits per heavy atom. The predicted octanol–water partition coefficient (Wildman–Crippen LogP) is 1.12. The third-order valence-corrected chi connectivity index (χ3v) is 3.39. The van der Waals surface area contributed by atoms with Gasteiger partial charge < -0.3 is 20.1 Å². The molecule has 2 atom stereocenters. The zero-order valence-corrected chi connectivity index (χ0v) is 12.6. The van der Waals surface area contributed by atoms with Crippen LogP contribution in [0.25, 0.3) is 0 Å². The molecule has 0 aliphatic carbocycles. The van der Waals surface area contributed by atoms with Crippen molar-refractivity contribution in [1.82, 2.24) is 4.90 Å². The molecule has 1 aromatic carbocycles. The van der Waals surface area contributed by atoms with E-state index in [0.29, 0.717) is 19.7 Å². The Labute approximate surface area is 129 Å². The topological polar surface area (TPSA) is 64.8 Å². The molecule has 1 fully saturated rings. The molecule has 0 aromatic heterocycles. The summed E-state index contributed by atoms with van der Waals surface area (Å²) in [5.74, 6) is -0.425. The van der Waals surface area contributed by atoms with Gasteiger partial charge in [-0.05, 0) is 17.7 Å². The van der Waals surface area contributed by atoms with Crippen molar-refractivity contribution >= 4 is 18.3 Å². The number of hydrogen-bond acceptors (Lipinski definition) is 4. The normalized spacial score (nSPS) is 19.8. The number of morpholine rings is 1. The SMILES string of the molecule is COC(CN)C(=O)N1CCOC(c2ccc(F)cc2)C1.Cl. The molecule has 2 unspecified atom stereocenters. The van der Waals surface area contributed by atoms with E-state index in [-0.39, 0.29) is 36.8 Å². The molecule has 1 heterocycles. The van der Waals surface area contributed by atoms with E-state index in [1.807, 2.05) is 0 Å². The molecule has 21 heavy (non-hydrogen) atoms. The van der Waals surface area contributed by atoms with Gasteiger partial charge in [0.1, 0.15) is 18.0 Å². The molecule has 1 aliphatic rings. The van der Waals surface area contributed by atoms with Gasteiger partial charge in [-0.15, -0.1) is 12.4 Å². The second kappa shape index (κ2) is 8.29. The van der Waals surface area contributed by atoms with E-state index < -0.39 is 6.10 Å². The highest BCUT2D eigenvalue weighted by atomic mass is 35.5. The van der Waals surface area contributed by atoms with E-state index in [2.05, 4.69) is 0 Å². The van der Waals surface area contributed by atoms with E-state index in [1.165, 1.54) is 19.2 Å². The number of halogens is 2. The van der Waals surface area contributed by atoms with Crippen LogP contribution in [-0.4, -0.2) is 50.3 Å². The molecule has 7 heteroatoms. The van der Waals surface area contributed by atoms with Crippen molar-refractivity contribution in [3.63, 3.8) is 0 Å². The zero-order valence-electron chi connectivity index (χ0n) is 11.8. The Morgan fingerprint density at radius 2 is 2.19 bits per heavy atom. The number of nitrogens with two attached hydrogens (primary N) is 1. The van der Waals surface area contributed by atoms with Crippen LogP contribution in [0.4, 0.5) is 4.39 Å². The third kappa shape index (κ3) is 4.38. The minimum Gasteiger partial charge on any atom is -0.370 e. The predicted molar refractivity (Wildman–Crippen MR) is 78.8 cm³/mol. The summed E-state index contributed by atoms with van der Waals surface area (Å²) in [5.41, 5.74) is 6.36. The fraction of sp³-hybridized carbons (Fsp3) is 0.500. The summed E-state index contributed by atoms with van der Waals surface area (Å²) >= 11 is 0. The van der Waals surface area contributed by atoms with Gasteiger partial charge in [0.25, 0.3) is 5.91 Å². The molecular weight excluding hydrogens is 299 g/mol. The number of hydrogen-bond donors (Lipinski definition) is 1. The fourth-order valence-corrected chi connectivity index (χ4v) is 2.23. The lowest BCUT2D eigenvalue weighted by molar-refractivity contribution is -0.149. The van der Waals surface area contributed by atoms with Crippen molar-refractivity contribution < 1.29 is 18.7 Å². The van der Waals surface area contributed by atoms with Crippen molar-refractivity contribution in [2.75, 3.05) is 33.4 Å². The lowest BCUT2D eigenvalue weighted by atomic mass is 10.1. The van der Waals surface area contributed by atoms with Gasteiger partial charge in [0, 0.05) is 20.2 Å². The van der Waals surface area contributed by atoms with Gasteiger partial charge in [0.05, 0.1) is 13.2 Å². The molecular formula is C14H20ClFN2O3. The van der Waals surface area contributed by atoms with Crippen LogP contribution in [0.5, 0.6) is 0 Å². The molecule has 118 valence electrons. The number of carbonyl (C=O) groups excluding carboxylic acids is 1. The minimum absolute atomic E-state index is 0. The summed E-state index contributed by atoms with van der Waals surface area (Å²) in [6.45, 7) is 1.52.